The van der Waals surface area contributed by atoms with Crippen LogP contribution in [0.2, 0.25) is 0 Å². The molecule has 132 valence electrons. The lowest BCUT2D eigenvalue weighted by Gasteiger charge is -2.41. The van der Waals surface area contributed by atoms with Crippen LogP contribution in [0.3, 0.4) is 0 Å². The summed E-state index contributed by atoms with van der Waals surface area (Å²) in [6.45, 7) is 4.59. The highest BCUT2D eigenvalue weighted by Gasteiger charge is 2.38. The molecule has 1 heteroatoms. The maximum Gasteiger partial charge on any atom is 0.0689 e. The fraction of sp³-hybridized carbons (Fsp3) is 0.955. The van der Waals surface area contributed by atoms with Gasteiger partial charge < -0.3 is 0 Å². The molecular formula is C22H39N. The van der Waals surface area contributed by atoms with Gasteiger partial charge in [0.05, 0.1) is 11.5 Å². The molecule has 0 aromatic carbocycles. The zero-order chi connectivity index (χ0) is 16.5. The lowest BCUT2D eigenvalue weighted by atomic mass is 9.63. The van der Waals surface area contributed by atoms with Gasteiger partial charge in [-0.25, -0.2) is 0 Å². The fourth-order valence-corrected chi connectivity index (χ4v) is 5.33. The van der Waals surface area contributed by atoms with Gasteiger partial charge in [0.1, 0.15) is 0 Å². The van der Waals surface area contributed by atoms with Gasteiger partial charge in [-0.15, -0.1) is 0 Å². The summed E-state index contributed by atoms with van der Waals surface area (Å²) in [7, 11) is 0. The summed E-state index contributed by atoms with van der Waals surface area (Å²) < 4.78 is 0. The average molecular weight is 318 g/mol. The van der Waals surface area contributed by atoms with Crippen LogP contribution in [0.15, 0.2) is 0 Å². The van der Waals surface area contributed by atoms with E-state index in [1.807, 2.05) is 0 Å². The Morgan fingerprint density at radius 1 is 0.826 bits per heavy atom. The van der Waals surface area contributed by atoms with Gasteiger partial charge >= 0.3 is 0 Å². The molecule has 0 aromatic rings. The fourth-order valence-electron chi connectivity index (χ4n) is 5.33. The van der Waals surface area contributed by atoms with E-state index in [4.69, 9.17) is 0 Å². The number of nitrogens with zero attached hydrogens (tertiary/aromatic N) is 1. The van der Waals surface area contributed by atoms with Crippen molar-refractivity contribution in [2.75, 3.05) is 0 Å². The Morgan fingerprint density at radius 2 is 1.48 bits per heavy atom. The minimum atomic E-state index is 0.0453. The van der Waals surface area contributed by atoms with E-state index >= 15 is 0 Å². The Morgan fingerprint density at radius 3 is 2.04 bits per heavy atom. The van der Waals surface area contributed by atoms with E-state index in [-0.39, 0.29) is 5.41 Å². The molecule has 2 aliphatic carbocycles. The monoisotopic (exact) mass is 317 g/mol. The topological polar surface area (TPSA) is 23.8 Å². The molecule has 2 aliphatic rings. The first-order chi connectivity index (χ1) is 11.2. The highest BCUT2D eigenvalue weighted by Crippen LogP contribution is 2.47. The maximum absolute atomic E-state index is 9.74. The zero-order valence-electron chi connectivity index (χ0n) is 15.8. The summed E-state index contributed by atoms with van der Waals surface area (Å²) in [4.78, 5) is 0. The van der Waals surface area contributed by atoms with Crippen LogP contribution in [-0.2, 0) is 0 Å². The van der Waals surface area contributed by atoms with Crippen LogP contribution in [0, 0.1) is 34.5 Å². The SMILES string of the molecule is CCCCCC[C@]1(C#N)CC[C@@H](C2CCC(CCC)CC2)CC1. The second-order valence-electron chi connectivity index (χ2n) is 8.61. The number of unbranched alkanes of at least 4 members (excludes halogenated alkanes) is 3. The van der Waals surface area contributed by atoms with Crippen molar-refractivity contribution in [1.82, 2.24) is 0 Å². The van der Waals surface area contributed by atoms with Gasteiger partial charge in [-0.05, 0) is 62.7 Å². The van der Waals surface area contributed by atoms with E-state index in [1.165, 1.54) is 96.3 Å². The predicted octanol–water partition coefficient (Wildman–Crippen LogP) is 7.26. The van der Waals surface area contributed by atoms with Crippen molar-refractivity contribution >= 4 is 0 Å². The van der Waals surface area contributed by atoms with Gasteiger partial charge in [-0.2, -0.15) is 5.26 Å². The third kappa shape index (κ3) is 5.51. The molecular weight excluding hydrogens is 278 g/mol. The van der Waals surface area contributed by atoms with Crippen molar-refractivity contribution in [3.63, 3.8) is 0 Å². The Balaban J connectivity index is 1.73. The molecule has 0 bridgehead atoms. The van der Waals surface area contributed by atoms with Crippen molar-refractivity contribution in [3.8, 4) is 6.07 Å². The number of hydrogen-bond acceptors (Lipinski definition) is 1. The molecule has 2 fully saturated rings. The molecule has 0 N–H and O–H groups in total. The number of rotatable bonds is 8. The Labute approximate surface area is 145 Å². The average Bonchev–Trinajstić information content (AvgIpc) is 2.60. The van der Waals surface area contributed by atoms with Crippen molar-refractivity contribution < 1.29 is 0 Å². The van der Waals surface area contributed by atoms with Crippen LogP contribution in [0.1, 0.15) is 110 Å². The standard InChI is InChI=1S/C22H39N/c1-3-5-6-7-15-22(18-23)16-13-21(14-17-22)20-11-9-19(8-4-2)10-12-20/h19-21H,3-17H2,1-2H3/t19?,20?,21-,22+. The van der Waals surface area contributed by atoms with E-state index in [9.17, 15) is 5.26 Å². The van der Waals surface area contributed by atoms with Gasteiger partial charge in [0.15, 0.2) is 0 Å². The first-order valence-electron chi connectivity index (χ1n) is 10.6. The highest BCUT2D eigenvalue weighted by molar-refractivity contribution is 5.02. The van der Waals surface area contributed by atoms with Crippen molar-refractivity contribution in [1.29, 1.82) is 5.26 Å². The number of hydrogen-bond donors (Lipinski definition) is 0. The van der Waals surface area contributed by atoms with E-state index < -0.39 is 0 Å². The van der Waals surface area contributed by atoms with E-state index in [0.29, 0.717) is 0 Å². The highest BCUT2D eigenvalue weighted by atomic mass is 14.4. The summed E-state index contributed by atoms with van der Waals surface area (Å²) in [6.07, 6.45) is 20.2. The van der Waals surface area contributed by atoms with Crippen molar-refractivity contribution in [2.45, 2.75) is 110 Å². The van der Waals surface area contributed by atoms with Crippen LogP contribution < -0.4 is 0 Å². The van der Waals surface area contributed by atoms with Gasteiger partial charge in [-0.1, -0.05) is 65.2 Å². The molecule has 23 heavy (non-hydrogen) atoms. The first-order valence-corrected chi connectivity index (χ1v) is 10.6. The lowest BCUT2D eigenvalue weighted by Crippen LogP contribution is -2.31. The Hall–Kier alpha value is -0.510. The second kappa shape index (κ2) is 9.71. The smallest absolute Gasteiger partial charge is 0.0689 e. The molecule has 0 unspecified atom stereocenters. The van der Waals surface area contributed by atoms with E-state index in [1.54, 1.807) is 0 Å². The van der Waals surface area contributed by atoms with Crippen LogP contribution in [0.5, 0.6) is 0 Å². The first kappa shape index (κ1) is 18.8. The van der Waals surface area contributed by atoms with Crippen LogP contribution in [0.4, 0.5) is 0 Å². The van der Waals surface area contributed by atoms with Gasteiger partial charge in [0.2, 0.25) is 0 Å². The summed E-state index contributed by atoms with van der Waals surface area (Å²) >= 11 is 0. The minimum Gasteiger partial charge on any atom is -0.198 e. The predicted molar refractivity (Wildman–Crippen MR) is 99.1 cm³/mol. The second-order valence-corrected chi connectivity index (χ2v) is 8.61. The third-order valence-corrected chi connectivity index (χ3v) is 6.99. The maximum atomic E-state index is 9.74. The minimum absolute atomic E-state index is 0.0453. The summed E-state index contributed by atoms with van der Waals surface area (Å²) in [5.74, 6) is 2.95. The molecule has 0 saturated heterocycles. The number of nitriles is 1. The largest absolute Gasteiger partial charge is 0.198 e. The Kier molecular flexibility index (Phi) is 7.94. The van der Waals surface area contributed by atoms with Crippen molar-refractivity contribution in [2.24, 2.45) is 23.2 Å². The molecule has 0 heterocycles. The van der Waals surface area contributed by atoms with E-state index in [0.717, 1.165) is 17.8 Å². The van der Waals surface area contributed by atoms with Gasteiger partial charge in [0.25, 0.3) is 0 Å². The Bertz CT molecular complexity index is 351. The van der Waals surface area contributed by atoms with Crippen LogP contribution in [0.25, 0.3) is 0 Å². The zero-order valence-corrected chi connectivity index (χ0v) is 15.8. The quantitative estimate of drug-likeness (QED) is 0.432. The normalized spacial score (nSPS) is 34.9. The lowest BCUT2D eigenvalue weighted by molar-refractivity contribution is 0.115. The van der Waals surface area contributed by atoms with E-state index in [2.05, 4.69) is 19.9 Å². The van der Waals surface area contributed by atoms with Crippen LogP contribution in [-0.4, -0.2) is 0 Å². The molecule has 0 radical (unpaired) electrons. The molecule has 1 nitrogen and oxygen atoms in total. The molecule has 0 amide bonds. The molecule has 2 rings (SSSR count). The van der Waals surface area contributed by atoms with Crippen molar-refractivity contribution in [3.05, 3.63) is 0 Å². The molecule has 0 atom stereocenters. The molecule has 2 saturated carbocycles. The third-order valence-electron chi connectivity index (χ3n) is 6.99. The summed E-state index contributed by atoms with van der Waals surface area (Å²) in [5.41, 5.74) is 0.0453. The summed E-state index contributed by atoms with van der Waals surface area (Å²) in [5, 5.41) is 9.74. The molecule has 0 aromatic heterocycles. The summed E-state index contributed by atoms with van der Waals surface area (Å²) in [6, 6.07) is 2.74. The van der Waals surface area contributed by atoms with Gasteiger partial charge in [-0.3, -0.25) is 0 Å². The van der Waals surface area contributed by atoms with Gasteiger partial charge in [0, 0.05) is 0 Å². The van der Waals surface area contributed by atoms with Crippen LogP contribution >= 0.6 is 0 Å². The molecule has 0 spiro atoms. The molecule has 0 aliphatic heterocycles.